The maximum Gasteiger partial charge on any atom is 0.225 e. The van der Waals surface area contributed by atoms with Crippen molar-refractivity contribution in [1.82, 2.24) is 9.97 Å². The minimum absolute atomic E-state index is 0.0214. The van der Waals surface area contributed by atoms with E-state index >= 15 is 0 Å². The molecule has 2 N–H and O–H groups in total. The van der Waals surface area contributed by atoms with E-state index in [9.17, 15) is 0 Å². The van der Waals surface area contributed by atoms with Crippen LogP contribution in [0, 0.1) is 20.8 Å². The van der Waals surface area contributed by atoms with Crippen LogP contribution in [0.15, 0.2) is 24.4 Å². The first-order valence-electron chi connectivity index (χ1n) is 8.76. The van der Waals surface area contributed by atoms with Crippen molar-refractivity contribution in [2.75, 3.05) is 10.6 Å². The highest BCUT2D eigenvalue weighted by Gasteiger charge is 2.16. The van der Waals surface area contributed by atoms with E-state index in [0.29, 0.717) is 5.95 Å². The van der Waals surface area contributed by atoms with E-state index in [1.54, 1.807) is 0 Å². The summed E-state index contributed by atoms with van der Waals surface area (Å²) >= 11 is 0. The third kappa shape index (κ3) is 5.84. The minimum Gasteiger partial charge on any atom is -0.349 e. The fraction of sp³-hybridized carbons (Fsp3) is 0.500. The van der Waals surface area contributed by atoms with Gasteiger partial charge in [0.1, 0.15) is 5.82 Å². The number of rotatable bonds is 5. The number of nitrogens with one attached hydrogen (secondary N) is 2. The normalized spacial score (nSPS) is 10.7. The van der Waals surface area contributed by atoms with Crippen molar-refractivity contribution < 1.29 is 0 Å². The highest BCUT2D eigenvalue weighted by atomic mass is 15.2. The quantitative estimate of drug-likeness (QED) is 0.731. The fourth-order valence-corrected chi connectivity index (χ4v) is 2.20. The van der Waals surface area contributed by atoms with E-state index in [1.165, 1.54) is 11.1 Å². The Morgan fingerprint density at radius 1 is 1.00 bits per heavy atom. The molecule has 0 aliphatic carbocycles. The molecule has 132 valence electrons. The zero-order chi connectivity index (χ0) is 18.3. The Balaban J connectivity index is 0.00000139. The number of hydrogen-bond acceptors (Lipinski definition) is 4. The topological polar surface area (TPSA) is 49.8 Å². The average molecular weight is 329 g/mol. The molecule has 0 aliphatic rings. The third-order valence-corrected chi connectivity index (χ3v) is 3.79. The molecule has 0 fully saturated rings. The summed E-state index contributed by atoms with van der Waals surface area (Å²) in [7, 11) is 0. The molecule has 1 aromatic heterocycles. The summed E-state index contributed by atoms with van der Waals surface area (Å²) in [6.07, 6.45) is 2.86. The SMILES string of the molecule is CC.CCC(C)(C)Nc1ncc(C)c(Nc2cc(C)cc(C)c2)n1. The van der Waals surface area contributed by atoms with Crippen molar-refractivity contribution in [3.8, 4) is 0 Å². The fourth-order valence-electron chi connectivity index (χ4n) is 2.20. The standard InChI is InChI=1S/C18H26N4.C2H6/c1-7-18(5,6)22-17-19-11-14(4)16(21-17)20-15-9-12(2)8-13(3)10-15;1-2/h8-11H,7H2,1-6H3,(H2,19,20,21,22);1-2H3. The molecule has 1 aromatic carbocycles. The number of anilines is 3. The lowest BCUT2D eigenvalue weighted by atomic mass is 10.0. The van der Waals surface area contributed by atoms with Gasteiger partial charge in [-0.1, -0.05) is 26.8 Å². The van der Waals surface area contributed by atoms with Gasteiger partial charge >= 0.3 is 0 Å². The summed E-state index contributed by atoms with van der Waals surface area (Å²) in [4.78, 5) is 9.01. The molecule has 0 radical (unpaired) electrons. The van der Waals surface area contributed by atoms with Crippen LogP contribution >= 0.6 is 0 Å². The van der Waals surface area contributed by atoms with E-state index in [-0.39, 0.29) is 5.54 Å². The van der Waals surface area contributed by atoms with Crippen LogP contribution in [0.5, 0.6) is 0 Å². The maximum absolute atomic E-state index is 4.63. The number of aromatic nitrogens is 2. The second-order valence-corrected chi connectivity index (χ2v) is 6.59. The first-order chi connectivity index (χ1) is 11.3. The van der Waals surface area contributed by atoms with Crippen molar-refractivity contribution in [2.45, 2.75) is 67.3 Å². The molecule has 4 heteroatoms. The second kappa shape index (κ2) is 8.67. The van der Waals surface area contributed by atoms with E-state index < -0.39 is 0 Å². The molecule has 2 aromatic rings. The largest absolute Gasteiger partial charge is 0.349 e. The molecule has 0 saturated heterocycles. The Labute approximate surface area is 147 Å². The highest BCUT2D eigenvalue weighted by molar-refractivity contribution is 5.61. The van der Waals surface area contributed by atoms with Gasteiger partial charge in [0, 0.05) is 23.0 Å². The van der Waals surface area contributed by atoms with Gasteiger partial charge in [0.25, 0.3) is 0 Å². The monoisotopic (exact) mass is 328 g/mol. The maximum atomic E-state index is 4.63. The number of nitrogens with zero attached hydrogens (tertiary/aromatic N) is 2. The van der Waals surface area contributed by atoms with Crippen LogP contribution in [0.3, 0.4) is 0 Å². The van der Waals surface area contributed by atoms with E-state index in [0.717, 1.165) is 23.5 Å². The predicted octanol–water partition coefficient (Wildman–Crippen LogP) is 5.77. The average Bonchev–Trinajstić information content (AvgIpc) is 2.51. The summed E-state index contributed by atoms with van der Waals surface area (Å²) < 4.78 is 0. The second-order valence-electron chi connectivity index (χ2n) is 6.59. The third-order valence-electron chi connectivity index (χ3n) is 3.79. The van der Waals surface area contributed by atoms with Crippen molar-refractivity contribution in [2.24, 2.45) is 0 Å². The van der Waals surface area contributed by atoms with Crippen molar-refractivity contribution in [3.05, 3.63) is 41.1 Å². The Hall–Kier alpha value is -2.10. The van der Waals surface area contributed by atoms with Crippen LogP contribution in [-0.4, -0.2) is 15.5 Å². The first kappa shape index (κ1) is 19.9. The Morgan fingerprint density at radius 2 is 1.58 bits per heavy atom. The molecule has 24 heavy (non-hydrogen) atoms. The molecular weight excluding hydrogens is 296 g/mol. The van der Waals surface area contributed by atoms with Crippen LogP contribution in [0.25, 0.3) is 0 Å². The zero-order valence-electron chi connectivity index (χ0n) is 16.4. The van der Waals surface area contributed by atoms with E-state index in [4.69, 9.17) is 0 Å². The molecule has 0 aliphatic heterocycles. The van der Waals surface area contributed by atoms with Gasteiger partial charge in [0.2, 0.25) is 5.95 Å². The van der Waals surface area contributed by atoms with Crippen LogP contribution < -0.4 is 10.6 Å². The van der Waals surface area contributed by atoms with Gasteiger partial charge in [-0.2, -0.15) is 4.98 Å². The molecule has 2 rings (SSSR count). The van der Waals surface area contributed by atoms with Crippen LogP contribution in [0.1, 0.15) is 57.7 Å². The number of benzene rings is 1. The molecule has 1 heterocycles. The summed E-state index contributed by atoms with van der Waals surface area (Å²) in [5, 5.41) is 6.79. The smallest absolute Gasteiger partial charge is 0.225 e. The van der Waals surface area contributed by atoms with Gasteiger partial charge in [-0.05, 0) is 64.3 Å². The lowest BCUT2D eigenvalue weighted by molar-refractivity contribution is 0.542. The van der Waals surface area contributed by atoms with Gasteiger partial charge in [-0.3, -0.25) is 0 Å². The lowest BCUT2D eigenvalue weighted by Gasteiger charge is -2.24. The zero-order valence-corrected chi connectivity index (χ0v) is 16.4. The van der Waals surface area contributed by atoms with Gasteiger partial charge < -0.3 is 10.6 Å². The predicted molar refractivity (Wildman–Crippen MR) is 105 cm³/mol. The summed E-state index contributed by atoms with van der Waals surface area (Å²) in [5.74, 6) is 1.50. The van der Waals surface area contributed by atoms with E-state index in [2.05, 4.69) is 73.4 Å². The molecule has 0 spiro atoms. The van der Waals surface area contributed by atoms with Crippen LogP contribution in [0.4, 0.5) is 17.5 Å². The van der Waals surface area contributed by atoms with Crippen molar-refractivity contribution in [1.29, 1.82) is 0 Å². The summed E-state index contributed by atoms with van der Waals surface area (Å²) in [6, 6.07) is 6.41. The lowest BCUT2D eigenvalue weighted by Crippen LogP contribution is -2.30. The molecule has 4 nitrogen and oxygen atoms in total. The van der Waals surface area contributed by atoms with Gasteiger partial charge in [0.15, 0.2) is 0 Å². The minimum atomic E-state index is -0.0214. The van der Waals surface area contributed by atoms with Crippen molar-refractivity contribution >= 4 is 17.5 Å². The van der Waals surface area contributed by atoms with Gasteiger partial charge in [-0.25, -0.2) is 4.98 Å². The molecule has 0 unspecified atom stereocenters. The van der Waals surface area contributed by atoms with Gasteiger partial charge in [0.05, 0.1) is 0 Å². The molecule has 0 saturated carbocycles. The summed E-state index contributed by atoms with van der Waals surface area (Å²) in [6.45, 7) is 16.7. The molecule has 0 atom stereocenters. The van der Waals surface area contributed by atoms with E-state index in [1.807, 2.05) is 27.0 Å². The van der Waals surface area contributed by atoms with Gasteiger partial charge in [-0.15, -0.1) is 0 Å². The Kier molecular flexibility index (Phi) is 7.20. The Morgan fingerprint density at radius 3 is 2.12 bits per heavy atom. The number of hydrogen-bond donors (Lipinski definition) is 2. The molecule has 0 bridgehead atoms. The highest BCUT2D eigenvalue weighted by Crippen LogP contribution is 2.22. The molecular formula is C20H32N4. The Bertz CT molecular complexity index is 642. The van der Waals surface area contributed by atoms with Crippen LogP contribution in [0.2, 0.25) is 0 Å². The number of aryl methyl sites for hydroxylation is 3. The molecule has 0 amide bonds. The van der Waals surface area contributed by atoms with Crippen LogP contribution in [-0.2, 0) is 0 Å². The van der Waals surface area contributed by atoms with Crippen molar-refractivity contribution in [3.63, 3.8) is 0 Å². The summed E-state index contributed by atoms with van der Waals surface area (Å²) in [5.41, 5.74) is 4.53. The first-order valence-corrected chi connectivity index (χ1v) is 8.76.